The third-order valence-electron chi connectivity index (χ3n) is 4.45. The second-order valence-corrected chi connectivity index (χ2v) is 5.60. The third kappa shape index (κ3) is 1.98. The summed E-state index contributed by atoms with van der Waals surface area (Å²) < 4.78 is 0. The number of hydrogen-bond donors (Lipinski definition) is 1. The summed E-state index contributed by atoms with van der Waals surface area (Å²) in [6, 6.07) is 7.39. The molecule has 3 heteroatoms. The molecule has 0 spiro atoms. The van der Waals surface area contributed by atoms with E-state index in [1.54, 1.807) is 6.07 Å². The molecule has 2 unspecified atom stereocenters. The average Bonchev–Trinajstić information content (AvgIpc) is 2.82. The standard InChI is InChI=1S/C15H20N2O/c16-14-8-4-3-7-13(14)15(18)17-9-11-5-1-2-6-12(11)10-17/h3-4,7-8,11-12H,1-2,5-6,9-10,16H2. The molecule has 1 amide bonds. The summed E-state index contributed by atoms with van der Waals surface area (Å²) in [6.07, 6.45) is 5.24. The van der Waals surface area contributed by atoms with E-state index in [1.165, 1.54) is 25.7 Å². The van der Waals surface area contributed by atoms with Crippen LogP contribution in [0.4, 0.5) is 5.69 Å². The number of rotatable bonds is 1. The summed E-state index contributed by atoms with van der Waals surface area (Å²) in [7, 11) is 0. The van der Waals surface area contributed by atoms with Crippen LogP contribution in [0, 0.1) is 11.8 Å². The van der Waals surface area contributed by atoms with Crippen LogP contribution in [-0.2, 0) is 0 Å². The molecule has 18 heavy (non-hydrogen) atoms. The number of carbonyl (C=O) groups is 1. The number of nitrogens with zero attached hydrogens (tertiary/aromatic N) is 1. The van der Waals surface area contributed by atoms with E-state index in [2.05, 4.69) is 0 Å². The topological polar surface area (TPSA) is 46.3 Å². The van der Waals surface area contributed by atoms with Crippen LogP contribution in [0.1, 0.15) is 36.0 Å². The van der Waals surface area contributed by atoms with Gasteiger partial charge in [0.2, 0.25) is 0 Å². The quantitative estimate of drug-likeness (QED) is 0.772. The van der Waals surface area contributed by atoms with Crippen molar-refractivity contribution in [1.82, 2.24) is 4.90 Å². The predicted molar refractivity (Wildman–Crippen MR) is 72.2 cm³/mol. The van der Waals surface area contributed by atoms with Crippen LogP contribution < -0.4 is 5.73 Å². The fraction of sp³-hybridized carbons (Fsp3) is 0.533. The largest absolute Gasteiger partial charge is 0.398 e. The lowest BCUT2D eigenvalue weighted by molar-refractivity contribution is 0.0785. The first-order chi connectivity index (χ1) is 8.75. The second-order valence-electron chi connectivity index (χ2n) is 5.60. The van der Waals surface area contributed by atoms with Crippen molar-refractivity contribution < 1.29 is 4.79 Å². The zero-order valence-electron chi connectivity index (χ0n) is 10.6. The molecule has 1 aliphatic heterocycles. The monoisotopic (exact) mass is 244 g/mol. The maximum absolute atomic E-state index is 12.5. The molecule has 0 radical (unpaired) electrons. The molecule has 1 aliphatic carbocycles. The zero-order chi connectivity index (χ0) is 12.5. The Morgan fingerprint density at radius 2 is 1.72 bits per heavy atom. The number of fused-ring (bicyclic) bond motifs is 1. The number of benzene rings is 1. The first-order valence-electron chi connectivity index (χ1n) is 6.89. The average molecular weight is 244 g/mol. The van der Waals surface area contributed by atoms with Crippen LogP contribution in [0.5, 0.6) is 0 Å². The van der Waals surface area contributed by atoms with Gasteiger partial charge in [0, 0.05) is 18.8 Å². The molecule has 96 valence electrons. The van der Waals surface area contributed by atoms with Crippen molar-refractivity contribution in [1.29, 1.82) is 0 Å². The summed E-state index contributed by atoms with van der Waals surface area (Å²) in [5.41, 5.74) is 7.15. The first kappa shape index (κ1) is 11.6. The molecular weight excluding hydrogens is 224 g/mol. The Labute approximate surface area is 108 Å². The van der Waals surface area contributed by atoms with Crippen LogP contribution in [0.2, 0.25) is 0 Å². The van der Waals surface area contributed by atoms with Crippen molar-refractivity contribution in [2.45, 2.75) is 25.7 Å². The Bertz CT molecular complexity index is 444. The number of amides is 1. The van der Waals surface area contributed by atoms with Crippen LogP contribution in [0.3, 0.4) is 0 Å². The summed E-state index contributed by atoms with van der Waals surface area (Å²) in [6.45, 7) is 1.86. The van der Waals surface area contributed by atoms with Crippen molar-refractivity contribution in [3.63, 3.8) is 0 Å². The minimum Gasteiger partial charge on any atom is -0.398 e. The molecule has 0 aromatic heterocycles. The lowest BCUT2D eigenvalue weighted by Crippen LogP contribution is -2.29. The molecule has 2 fully saturated rings. The van der Waals surface area contributed by atoms with Gasteiger partial charge in [-0.3, -0.25) is 4.79 Å². The Morgan fingerprint density at radius 1 is 1.11 bits per heavy atom. The number of nitrogen functional groups attached to an aromatic ring is 1. The summed E-state index contributed by atoms with van der Waals surface area (Å²) >= 11 is 0. The maximum Gasteiger partial charge on any atom is 0.255 e. The van der Waals surface area contributed by atoms with Crippen molar-refractivity contribution in [3.8, 4) is 0 Å². The highest BCUT2D eigenvalue weighted by Gasteiger charge is 2.36. The third-order valence-corrected chi connectivity index (χ3v) is 4.45. The highest BCUT2D eigenvalue weighted by molar-refractivity contribution is 5.99. The van der Waals surface area contributed by atoms with E-state index < -0.39 is 0 Å². The van der Waals surface area contributed by atoms with Crippen molar-refractivity contribution >= 4 is 11.6 Å². The van der Waals surface area contributed by atoms with E-state index in [1.807, 2.05) is 23.1 Å². The minimum absolute atomic E-state index is 0.113. The Balaban J connectivity index is 1.76. The van der Waals surface area contributed by atoms with Crippen LogP contribution in [-0.4, -0.2) is 23.9 Å². The van der Waals surface area contributed by atoms with Gasteiger partial charge in [-0.1, -0.05) is 25.0 Å². The van der Waals surface area contributed by atoms with Gasteiger partial charge in [0.1, 0.15) is 0 Å². The van der Waals surface area contributed by atoms with Gasteiger partial charge in [0.25, 0.3) is 5.91 Å². The zero-order valence-corrected chi connectivity index (χ0v) is 10.6. The molecule has 2 N–H and O–H groups in total. The van der Waals surface area contributed by atoms with E-state index in [-0.39, 0.29) is 5.91 Å². The molecule has 3 rings (SSSR count). The number of nitrogens with two attached hydrogens (primary N) is 1. The number of carbonyl (C=O) groups excluding carboxylic acids is 1. The first-order valence-corrected chi connectivity index (χ1v) is 6.89. The lowest BCUT2D eigenvalue weighted by Gasteiger charge is -2.22. The predicted octanol–water partition coefficient (Wildman–Crippen LogP) is 2.53. The molecule has 2 atom stereocenters. The smallest absolute Gasteiger partial charge is 0.255 e. The van der Waals surface area contributed by atoms with Gasteiger partial charge in [0.05, 0.1) is 5.56 Å². The van der Waals surface area contributed by atoms with E-state index in [0.717, 1.165) is 24.9 Å². The van der Waals surface area contributed by atoms with Crippen LogP contribution >= 0.6 is 0 Å². The number of para-hydroxylation sites is 1. The van der Waals surface area contributed by atoms with E-state index >= 15 is 0 Å². The van der Waals surface area contributed by atoms with Gasteiger partial charge < -0.3 is 10.6 Å². The molecule has 1 saturated heterocycles. The molecule has 1 aromatic rings. The highest BCUT2D eigenvalue weighted by Crippen LogP contribution is 2.36. The molecule has 0 bridgehead atoms. The summed E-state index contributed by atoms with van der Waals surface area (Å²) in [4.78, 5) is 14.5. The van der Waals surface area contributed by atoms with Gasteiger partial charge in [-0.2, -0.15) is 0 Å². The van der Waals surface area contributed by atoms with Gasteiger partial charge in [-0.05, 0) is 36.8 Å². The SMILES string of the molecule is Nc1ccccc1C(=O)N1CC2CCCCC2C1. The molecular formula is C15H20N2O. The Kier molecular flexibility index (Phi) is 2.98. The van der Waals surface area contributed by atoms with Crippen molar-refractivity contribution in [2.75, 3.05) is 18.8 Å². The highest BCUT2D eigenvalue weighted by atomic mass is 16.2. The van der Waals surface area contributed by atoms with E-state index in [9.17, 15) is 4.79 Å². The van der Waals surface area contributed by atoms with Gasteiger partial charge in [-0.25, -0.2) is 0 Å². The number of likely N-dealkylation sites (tertiary alicyclic amines) is 1. The maximum atomic E-state index is 12.5. The van der Waals surface area contributed by atoms with Gasteiger partial charge >= 0.3 is 0 Å². The lowest BCUT2D eigenvalue weighted by atomic mass is 9.82. The molecule has 2 aliphatic rings. The second kappa shape index (κ2) is 4.63. The minimum atomic E-state index is 0.113. The van der Waals surface area contributed by atoms with Crippen molar-refractivity contribution in [2.24, 2.45) is 11.8 Å². The van der Waals surface area contributed by atoms with E-state index in [0.29, 0.717) is 11.3 Å². The fourth-order valence-corrected chi connectivity index (χ4v) is 3.43. The molecule has 1 aromatic carbocycles. The summed E-state index contributed by atoms with van der Waals surface area (Å²) in [5.74, 6) is 1.57. The molecule has 1 heterocycles. The fourth-order valence-electron chi connectivity index (χ4n) is 3.43. The number of hydrogen-bond acceptors (Lipinski definition) is 2. The van der Waals surface area contributed by atoms with Crippen LogP contribution in [0.25, 0.3) is 0 Å². The molecule has 3 nitrogen and oxygen atoms in total. The Hall–Kier alpha value is -1.51. The molecule has 1 saturated carbocycles. The normalized spacial score (nSPS) is 27.0. The van der Waals surface area contributed by atoms with Gasteiger partial charge in [0.15, 0.2) is 0 Å². The van der Waals surface area contributed by atoms with Crippen molar-refractivity contribution in [3.05, 3.63) is 29.8 Å². The Morgan fingerprint density at radius 3 is 2.33 bits per heavy atom. The van der Waals surface area contributed by atoms with Crippen LogP contribution in [0.15, 0.2) is 24.3 Å². The van der Waals surface area contributed by atoms with Gasteiger partial charge in [-0.15, -0.1) is 0 Å². The summed E-state index contributed by atoms with van der Waals surface area (Å²) in [5, 5.41) is 0. The number of anilines is 1. The van der Waals surface area contributed by atoms with E-state index in [4.69, 9.17) is 5.73 Å².